The quantitative estimate of drug-likeness (QED) is 0.824. The van der Waals surface area contributed by atoms with Crippen molar-refractivity contribution in [3.8, 4) is 0 Å². The van der Waals surface area contributed by atoms with Crippen LogP contribution in [0.5, 0.6) is 0 Å². The average Bonchev–Trinajstić information content (AvgIpc) is 3.23. The van der Waals surface area contributed by atoms with Gasteiger partial charge in [0, 0.05) is 25.2 Å². The van der Waals surface area contributed by atoms with E-state index in [2.05, 4.69) is 15.7 Å². The van der Waals surface area contributed by atoms with Crippen LogP contribution in [0.2, 0.25) is 0 Å². The summed E-state index contributed by atoms with van der Waals surface area (Å²) in [5, 5.41) is 10.8. The van der Waals surface area contributed by atoms with Gasteiger partial charge in [0.1, 0.15) is 17.2 Å². The number of hydrogen-bond acceptors (Lipinski definition) is 4. The van der Waals surface area contributed by atoms with Gasteiger partial charge in [-0.25, -0.2) is 0 Å². The lowest BCUT2D eigenvalue weighted by atomic mass is 10.1. The second-order valence-corrected chi connectivity index (χ2v) is 6.61. The number of aryl methyl sites for hydroxylation is 2. The molecule has 0 saturated carbocycles. The molecule has 2 atom stereocenters. The largest absolute Gasteiger partial charge is 0.466 e. The van der Waals surface area contributed by atoms with Crippen LogP contribution in [0.3, 0.4) is 0 Å². The van der Waals surface area contributed by atoms with Gasteiger partial charge in [-0.3, -0.25) is 9.48 Å². The van der Waals surface area contributed by atoms with Gasteiger partial charge >= 0.3 is 0 Å². The molecule has 0 aliphatic carbocycles. The molecule has 1 aliphatic heterocycles. The number of nitrogens with one attached hydrogen (secondary N) is 2. The third-order valence-corrected chi connectivity index (χ3v) is 4.48. The molecule has 2 aromatic rings. The summed E-state index contributed by atoms with van der Waals surface area (Å²) in [5.41, 5.74) is 0.487. The van der Waals surface area contributed by atoms with Crippen molar-refractivity contribution in [1.29, 1.82) is 0 Å². The van der Waals surface area contributed by atoms with Crippen molar-refractivity contribution in [2.24, 2.45) is 0 Å². The van der Waals surface area contributed by atoms with Gasteiger partial charge in [0.05, 0.1) is 6.04 Å². The highest BCUT2D eigenvalue weighted by Crippen LogP contribution is 2.16. The molecule has 1 saturated heterocycles. The molecule has 1 fully saturated rings. The molecule has 0 spiro atoms. The Bertz CT molecular complexity index is 676. The van der Waals surface area contributed by atoms with Gasteiger partial charge in [-0.1, -0.05) is 0 Å². The number of rotatable bonds is 6. The van der Waals surface area contributed by atoms with Gasteiger partial charge in [-0.2, -0.15) is 5.10 Å². The third-order valence-electron chi connectivity index (χ3n) is 4.48. The predicted octanol–water partition coefficient (Wildman–Crippen LogP) is 2.88. The number of nitrogens with zero attached hydrogens (tertiary/aromatic N) is 2. The molecule has 2 aromatic heterocycles. The van der Waals surface area contributed by atoms with Crippen LogP contribution in [0.15, 0.2) is 28.8 Å². The first-order chi connectivity index (χ1) is 11.6. The maximum absolute atomic E-state index is 12.3. The summed E-state index contributed by atoms with van der Waals surface area (Å²) in [6.45, 7) is 5.93. The number of halogens is 1. The molecule has 7 heteroatoms. The van der Waals surface area contributed by atoms with Gasteiger partial charge in [-0.05, 0) is 57.9 Å². The average molecular weight is 367 g/mol. The lowest BCUT2D eigenvalue weighted by Crippen LogP contribution is -2.34. The first-order valence-electron chi connectivity index (χ1n) is 8.74. The molecule has 0 aromatic carbocycles. The van der Waals surface area contributed by atoms with E-state index in [0.29, 0.717) is 11.7 Å². The SMILES string of the molecule is Cc1ccc(CCC(C)NC(=O)c2ccn(C3CCCNC3)n2)o1.Cl. The number of furan rings is 1. The second-order valence-electron chi connectivity index (χ2n) is 6.61. The Morgan fingerprint density at radius 3 is 3.00 bits per heavy atom. The van der Waals surface area contributed by atoms with E-state index in [1.54, 1.807) is 6.07 Å². The number of carbonyl (C=O) groups excluding carboxylic acids is 1. The van der Waals surface area contributed by atoms with Crippen molar-refractivity contribution in [3.05, 3.63) is 41.6 Å². The maximum Gasteiger partial charge on any atom is 0.271 e. The topological polar surface area (TPSA) is 72.1 Å². The summed E-state index contributed by atoms with van der Waals surface area (Å²) < 4.78 is 7.47. The maximum atomic E-state index is 12.3. The molecule has 2 N–H and O–H groups in total. The fraction of sp³-hybridized carbons (Fsp3) is 0.556. The molecule has 2 unspecified atom stereocenters. The number of piperidine rings is 1. The van der Waals surface area contributed by atoms with Crippen LogP contribution in [0.1, 0.15) is 54.2 Å². The summed E-state index contributed by atoms with van der Waals surface area (Å²) in [6.07, 6.45) is 5.82. The van der Waals surface area contributed by atoms with Gasteiger partial charge in [0.25, 0.3) is 5.91 Å². The van der Waals surface area contributed by atoms with Crippen LogP contribution in [0.25, 0.3) is 0 Å². The minimum atomic E-state index is -0.111. The normalized spacial score (nSPS) is 18.4. The molecule has 6 nitrogen and oxygen atoms in total. The molecule has 3 rings (SSSR count). The standard InChI is InChI=1S/C18H26N4O2.ClH/c1-13(5-7-16-8-6-14(2)24-16)20-18(23)17-9-11-22(21-17)15-4-3-10-19-12-15;/h6,8-9,11,13,15,19H,3-5,7,10,12H2,1-2H3,(H,20,23);1H. The van der Waals surface area contributed by atoms with Crippen LogP contribution < -0.4 is 10.6 Å². The molecular weight excluding hydrogens is 340 g/mol. The zero-order valence-electron chi connectivity index (χ0n) is 14.8. The highest BCUT2D eigenvalue weighted by atomic mass is 35.5. The van der Waals surface area contributed by atoms with Crippen LogP contribution in [0, 0.1) is 6.92 Å². The summed E-state index contributed by atoms with van der Waals surface area (Å²) in [7, 11) is 0. The van der Waals surface area contributed by atoms with Crippen molar-refractivity contribution in [2.45, 2.75) is 51.6 Å². The van der Waals surface area contributed by atoms with E-state index in [-0.39, 0.29) is 24.4 Å². The van der Waals surface area contributed by atoms with E-state index in [1.165, 1.54) is 0 Å². The number of aromatic nitrogens is 2. The Morgan fingerprint density at radius 1 is 1.48 bits per heavy atom. The number of amides is 1. The summed E-state index contributed by atoms with van der Waals surface area (Å²) in [6, 6.07) is 6.17. The Balaban J connectivity index is 0.00000225. The summed E-state index contributed by atoms with van der Waals surface area (Å²) in [5.74, 6) is 1.77. The second kappa shape index (κ2) is 9.06. The number of carbonyl (C=O) groups is 1. The monoisotopic (exact) mass is 366 g/mol. The summed E-state index contributed by atoms with van der Waals surface area (Å²) in [4.78, 5) is 12.3. The highest BCUT2D eigenvalue weighted by Gasteiger charge is 2.18. The molecule has 0 radical (unpaired) electrons. The van der Waals surface area contributed by atoms with E-state index < -0.39 is 0 Å². The van der Waals surface area contributed by atoms with E-state index in [4.69, 9.17) is 4.42 Å². The van der Waals surface area contributed by atoms with Crippen molar-refractivity contribution >= 4 is 18.3 Å². The zero-order chi connectivity index (χ0) is 16.9. The van der Waals surface area contributed by atoms with Crippen molar-refractivity contribution in [1.82, 2.24) is 20.4 Å². The van der Waals surface area contributed by atoms with Crippen LogP contribution in [0.4, 0.5) is 0 Å². The smallest absolute Gasteiger partial charge is 0.271 e. The Kier molecular flexibility index (Phi) is 7.08. The Labute approximate surface area is 154 Å². The van der Waals surface area contributed by atoms with E-state index in [9.17, 15) is 4.79 Å². The van der Waals surface area contributed by atoms with Gasteiger partial charge in [-0.15, -0.1) is 12.4 Å². The third kappa shape index (κ3) is 5.34. The summed E-state index contributed by atoms with van der Waals surface area (Å²) >= 11 is 0. The Morgan fingerprint density at radius 2 is 2.32 bits per heavy atom. The fourth-order valence-corrected chi connectivity index (χ4v) is 3.07. The molecule has 138 valence electrons. The minimum Gasteiger partial charge on any atom is -0.466 e. The predicted molar refractivity (Wildman–Crippen MR) is 99.3 cm³/mol. The van der Waals surface area contributed by atoms with Crippen molar-refractivity contribution in [3.63, 3.8) is 0 Å². The van der Waals surface area contributed by atoms with Gasteiger partial charge in [0.15, 0.2) is 0 Å². The van der Waals surface area contributed by atoms with Gasteiger partial charge < -0.3 is 15.1 Å². The first kappa shape index (κ1) is 19.5. The number of hydrogen-bond donors (Lipinski definition) is 2. The Hall–Kier alpha value is -1.79. The van der Waals surface area contributed by atoms with Crippen LogP contribution in [-0.4, -0.2) is 34.8 Å². The minimum absolute atomic E-state index is 0. The van der Waals surface area contributed by atoms with E-state index in [1.807, 2.05) is 36.9 Å². The molecular formula is C18H27ClN4O2. The molecule has 1 aliphatic rings. The molecule has 25 heavy (non-hydrogen) atoms. The highest BCUT2D eigenvalue weighted by molar-refractivity contribution is 5.92. The first-order valence-corrected chi connectivity index (χ1v) is 8.74. The van der Waals surface area contributed by atoms with Crippen molar-refractivity contribution in [2.75, 3.05) is 13.1 Å². The van der Waals surface area contributed by atoms with Crippen LogP contribution in [-0.2, 0) is 6.42 Å². The van der Waals surface area contributed by atoms with E-state index in [0.717, 1.165) is 50.3 Å². The van der Waals surface area contributed by atoms with Gasteiger partial charge in [0.2, 0.25) is 0 Å². The fourth-order valence-electron chi connectivity index (χ4n) is 3.07. The lowest BCUT2D eigenvalue weighted by Gasteiger charge is -2.22. The van der Waals surface area contributed by atoms with Crippen molar-refractivity contribution < 1.29 is 9.21 Å². The molecule has 0 bridgehead atoms. The molecule has 3 heterocycles. The van der Waals surface area contributed by atoms with E-state index >= 15 is 0 Å². The molecule has 1 amide bonds. The lowest BCUT2D eigenvalue weighted by molar-refractivity contribution is 0.0931. The zero-order valence-corrected chi connectivity index (χ0v) is 15.6. The van der Waals surface area contributed by atoms with Crippen LogP contribution >= 0.6 is 12.4 Å².